The zero-order chi connectivity index (χ0) is 28.2. The third kappa shape index (κ3) is 78.7. The number of hydrogen-bond donors (Lipinski definition) is 4. The molecule has 0 aromatic carbocycles. The second-order valence-electron chi connectivity index (χ2n) is 6.65. The molecule has 0 aromatic rings. The average Bonchev–Trinajstić information content (AvgIpc) is 2.72. The van der Waals surface area contributed by atoms with Crippen LogP contribution in [0.1, 0.15) is 79.1 Å². The Labute approximate surface area is 264 Å². The summed E-state index contributed by atoms with van der Waals surface area (Å²) in [5.41, 5.74) is 0. The van der Waals surface area contributed by atoms with Gasteiger partial charge in [0, 0.05) is 13.2 Å². The molecule has 0 spiro atoms. The number of unbranched alkanes of at least 4 members (excludes halogenated alkanes) is 4. The molecule has 0 aliphatic carbocycles. The molecule has 0 aromatic heterocycles. The number of carboxylic acid groups (broad SMARTS) is 2. The minimum atomic E-state index is -4.64. The summed E-state index contributed by atoms with van der Waals surface area (Å²) in [4.78, 5) is 49.5. The van der Waals surface area contributed by atoms with Gasteiger partial charge >= 0.3 is 74.8 Å². The van der Waals surface area contributed by atoms with Gasteiger partial charge in [-0.1, -0.05) is 53.4 Å². The number of aliphatic carboxylic acids is 2. The van der Waals surface area contributed by atoms with Gasteiger partial charge in [0.25, 0.3) is 0 Å². The predicted octanol–water partition coefficient (Wildman–Crippen LogP) is -4.55. The SMILES string of the molecule is CCCCOCCCC.CCCCOP(=O)(O)OCCCC.O=C([O-])/C=C\C(=O)[O-].O=P(O)(O)O.[Na+].[Na+]. The van der Waals surface area contributed by atoms with Crippen molar-refractivity contribution in [2.45, 2.75) is 79.1 Å². The number of rotatable bonds is 16. The van der Waals surface area contributed by atoms with Gasteiger partial charge in [-0.15, -0.1) is 0 Å². The molecule has 0 aliphatic rings. The first-order chi connectivity index (χ1) is 16.2. The Balaban J connectivity index is -0.0000000893. The second-order valence-corrected chi connectivity index (χ2v) is 9.13. The molecule has 0 unspecified atom stereocenters. The van der Waals surface area contributed by atoms with Crippen molar-refractivity contribution in [1.82, 2.24) is 0 Å². The van der Waals surface area contributed by atoms with Gasteiger partial charge in [0.2, 0.25) is 0 Å². The molecule has 0 heterocycles. The fraction of sp³-hybridized carbons (Fsp3) is 0.800. The number of phosphoric ester groups is 1. The quantitative estimate of drug-likeness (QED) is 0.0569. The van der Waals surface area contributed by atoms with Crippen LogP contribution in [-0.2, 0) is 32.5 Å². The average molecular weight is 598 g/mol. The summed E-state index contributed by atoms with van der Waals surface area (Å²) in [6.07, 6.45) is 9.11. The number of carboxylic acids is 2. The van der Waals surface area contributed by atoms with E-state index in [2.05, 4.69) is 13.8 Å². The molecule has 0 amide bonds. The topological polar surface area (TPSA) is 223 Å². The van der Waals surface area contributed by atoms with Crippen molar-refractivity contribution in [3.63, 3.8) is 0 Å². The van der Waals surface area contributed by atoms with Crippen LogP contribution in [-0.4, -0.2) is 57.9 Å². The molecule has 0 atom stereocenters. The van der Waals surface area contributed by atoms with Crippen LogP contribution >= 0.6 is 15.6 Å². The van der Waals surface area contributed by atoms with E-state index < -0.39 is 27.6 Å². The molecular weight excluding hydrogens is 556 g/mol. The Morgan fingerprint density at radius 1 is 0.649 bits per heavy atom. The van der Waals surface area contributed by atoms with E-state index in [0.717, 1.165) is 38.9 Å². The van der Waals surface area contributed by atoms with E-state index in [1.807, 2.05) is 13.8 Å². The molecule has 4 N–H and O–H groups in total. The minimum absolute atomic E-state index is 0. The summed E-state index contributed by atoms with van der Waals surface area (Å²) in [6.45, 7) is 10.8. The molecule has 0 bridgehead atoms. The summed E-state index contributed by atoms with van der Waals surface area (Å²) in [7, 11) is -8.39. The van der Waals surface area contributed by atoms with Gasteiger partial charge in [0.15, 0.2) is 0 Å². The van der Waals surface area contributed by atoms with Gasteiger partial charge in [-0.2, -0.15) is 0 Å². The molecular formula is C20H42Na2O13P2. The van der Waals surface area contributed by atoms with Crippen molar-refractivity contribution in [3.8, 4) is 0 Å². The van der Waals surface area contributed by atoms with Gasteiger partial charge in [-0.3, -0.25) is 9.05 Å². The Bertz CT molecular complexity index is 573. The van der Waals surface area contributed by atoms with Crippen molar-refractivity contribution >= 4 is 27.6 Å². The van der Waals surface area contributed by atoms with Crippen LogP contribution < -0.4 is 69.3 Å². The number of hydrogen-bond acceptors (Lipinski definition) is 9. The minimum Gasteiger partial charge on any atom is -0.545 e. The molecule has 0 rings (SSSR count). The Hall–Kier alpha value is 0.860. The Kier molecular flexibility index (Phi) is 50.5. The van der Waals surface area contributed by atoms with Crippen molar-refractivity contribution < 1.29 is 121 Å². The van der Waals surface area contributed by atoms with Crippen molar-refractivity contribution in [1.29, 1.82) is 0 Å². The molecule has 17 heteroatoms. The van der Waals surface area contributed by atoms with Gasteiger partial charge in [-0.05, 0) is 37.8 Å². The number of ether oxygens (including phenoxy) is 1. The van der Waals surface area contributed by atoms with Crippen molar-refractivity contribution in [3.05, 3.63) is 12.2 Å². The van der Waals surface area contributed by atoms with Crippen molar-refractivity contribution in [2.24, 2.45) is 0 Å². The van der Waals surface area contributed by atoms with Crippen LogP contribution in [0.25, 0.3) is 0 Å². The van der Waals surface area contributed by atoms with E-state index in [1.165, 1.54) is 25.7 Å². The van der Waals surface area contributed by atoms with Crippen LogP contribution in [0.4, 0.5) is 0 Å². The first-order valence-electron chi connectivity index (χ1n) is 11.2. The van der Waals surface area contributed by atoms with Gasteiger partial charge in [0.1, 0.15) is 0 Å². The molecule has 13 nitrogen and oxygen atoms in total. The fourth-order valence-corrected chi connectivity index (χ4v) is 2.21. The predicted molar refractivity (Wildman–Crippen MR) is 126 cm³/mol. The molecule has 0 saturated heterocycles. The van der Waals surface area contributed by atoms with E-state index in [0.29, 0.717) is 12.2 Å². The van der Waals surface area contributed by atoms with Crippen LogP contribution in [0, 0.1) is 0 Å². The first kappa shape index (κ1) is 50.7. The van der Waals surface area contributed by atoms with Gasteiger partial charge in [0.05, 0.1) is 25.2 Å². The third-order valence-electron chi connectivity index (χ3n) is 3.14. The molecule has 0 fully saturated rings. The standard InChI is InChI=1S/C8H19O4P.C8H18O.C4H4O4.2Na.H3O4P/c1-3-5-7-11-13(9,10)12-8-6-4-2;1-3-5-7-9-8-6-4-2;5-3(6)1-2-4(7)8;;;1-5(2,3)4/h3-8H2,1-2H3,(H,9,10);3-8H2,1-2H3;1-2H,(H,5,6)(H,7,8);;;(H3,1,2,3,4)/q;;;2*+1;/p-2/b;;2-1-;;;. The Morgan fingerprint density at radius 3 is 1.11 bits per heavy atom. The van der Waals surface area contributed by atoms with Crippen LogP contribution in [0.3, 0.4) is 0 Å². The fourth-order valence-electron chi connectivity index (χ4n) is 1.42. The molecule has 212 valence electrons. The maximum atomic E-state index is 11.1. The third-order valence-corrected chi connectivity index (χ3v) is 4.16. The number of carbonyl (C=O) groups excluding carboxylic acids is 2. The molecule has 0 aliphatic heterocycles. The van der Waals surface area contributed by atoms with Gasteiger partial charge < -0.3 is 44.1 Å². The number of carbonyl (C=O) groups is 2. The second kappa shape index (κ2) is 36.9. The normalized spacial score (nSPS) is 10.3. The summed E-state index contributed by atoms with van der Waals surface area (Å²) >= 11 is 0. The Morgan fingerprint density at radius 2 is 0.892 bits per heavy atom. The first-order valence-corrected chi connectivity index (χ1v) is 14.3. The number of phosphoric acid groups is 2. The van der Waals surface area contributed by atoms with Gasteiger partial charge in [-0.25, -0.2) is 9.13 Å². The zero-order valence-corrected chi connectivity index (χ0v) is 28.8. The summed E-state index contributed by atoms with van der Waals surface area (Å²) in [5, 5.41) is 18.8. The smallest absolute Gasteiger partial charge is 0.545 e. The van der Waals surface area contributed by atoms with Crippen LogP contribution in [0.2, 0.25) is 0 Å². The van der Waals surface area contributed by atoms with E-state index in [-0.39, 0.29) is 72.3 Å². The molecule has 0 saturated carbocycles. The monoisotopic (exact) mass is 598 g/mol. The zero-order valence-electron chi connectivity index (χ0n) is 23.0. The van der Waals surface area contributed by atoms with E-state index in [1.54, 1.807) is 0 Å². The van der Waals surface area contributed by atoms with E-state index >= 15 is 0 Å². The molecule has 0 radical (unpaired) electrons. The maximum absolute atomic E-state index is 11.1. The van der Waals surface area contributed by atoms with Crippen LogP contribution in [0.5, 0.6) is 0 Å². The van der Waals surface area contributed by atoms with Crippen molar-refractivity contribution in [2.75, 3.05) is 26.4 Å². The summed E-state index contributed by atoms with van der Waals surface area (Å²) < 4.78 is 34.7. The van der Waals surface area contributed by atoms with E-state index in [9.17, 15) is 24.4 Å². The summed E-state index contributed by atoms with van der Waals surface area (Å²) in [6, 6.07) is 0. The largest absolute Gasteiger partial charge is 1.00 e. The summed E-state index contributed by atoms with van der Waals surface area (Å²) in [5.74, 6) is -3.09. The van der Waals surface area contributed by atoms with E-state index in [4.69, 9.17) is 37.9 Å². The molecule has 37 heavy (non-hydrogen) atoms. The maximum Gasteiger partial charge on any atom is 1.00 e. The van der Waals surface area contributed by atoms with Crippen LogP contribution in [0.15, 0.2) is 12.2 Å².